The van der Waals surface area contributed by atoms with Gasteiger partial charge in [0.25, 0.3) is 5.91 Å². The highest BCUT2D eigenvalue weighted by molar-refractivity contribution is 5.94. The number of aromatic hydroxyl groups is 1. The van der Waals surface area contributed by atoms with Gasteiger partial charge in [0, 0.05) is 19.2 Å². The molecule has 0 aliphatic heterocycles. The monoisotopic (exact) mass is 251 g/mol. The summed E-state index contributed by atoms with van der Waals surface area (Å²) < 4.78 is 5.08. The van der Waals surface area contributed by atoms with Gasteiger partial charge in [-0.15, -0.1) is 0 Å². The van der Waals surface area contributed by atoms with Crippen LogP contribution in [0, 0.1) is 6.92 Å². The summed E-state index contributed by atoms with van der Waals surface area (Å²) in [6, 6.07) is 4.94. The predicted octanol–water partition coefficient (Wildman–Crippen LogP) is 2.20. The Kier molecular flexibility index (Phi) is 5.16. The molecule has 1 unspecified atom stereocenters. The lowest BCUT2D eigenvalue weighted by Gasteiger charge is -2.27. The molecule has 1 aromatic rings. The largest absolute Gasteiger partial charge is 0.508 e. The Labute approximate surface area is 108 Å². The number of ether oxygens (including phenoxy) is 1. The quantitative estimate of drug-likeness (QED) is 0.872. The average molecular weight is 251 g/mol. The first-order valence-corrected chi connectivity index (χ1v) is 6.10. The number of hydrogen-bond acceptors (Lipinski definition) is 3. The number of benzene rings is 1. The van der Waals surface area contributed by atoms with Crippen molar-refractivity contribution in [2.24, 2.45) is 0 Å². The Morgan fingerprint density at radius 2 is 2.17 bits per heavy atom. The first-order valence-electron chi connectivity index (χ1n) is 6.10. The molecule has 1 aromatic carbocycles. The van der Waals surface area contributed by atoms with Crippen molar-refractivity contribution in [3.8, 4) is 5.75 Å². The van der Waals surface area contributed by atoms with Gasteiger partial charge in [0.1, 0.15) is 5.75 Å². The van der Waals surface area contributed by atoms with E-state index in [4.69, 9.17) is 4.74 Å². The highest BCUT2D eigenvalue weighted by atomic mass is 16.5. The minimum Gasteiger partial charge on any atom is -0.508 e. The van der Waals surface area contributed by atoms with Crippen LogP contribution < -0.4 is 0 Å². The van der Waals surface area contributed by atoms with Crippen LogP contribution in [-0.4, -0.2) is 42.2 Å². The summed E-state index contributed by atoms with van der Waals surface area (Å²) >= 11 is 0. The van der Waals surface area contributed by atoms with E-state index in [1.54, 1.807) is 37.1 Å². The zero-order valence-electron chi connectivity index (χ0n) is 11.4. The molecular formula is C14H21NO3. The predicted molar refractivity (Wildman–Crippen MR) is 70.9 cm³/mol. The van der Waals surface area contributed by atoms with Crippen molar-refractivity contribution in [2.75, 3.05) is 20.3 Å². The summed E-state index contributed by atoms with van der Waals surface area (Å²) in [6.45, 7) is 6.82. The van der Waals surface area contributed by atoms with E-state index in [1.165, 1.54) is 0 Å². The Hall–Kier alpha value is -1.55. The topological polar surface area (TPSA) is 49.8 Å². The molecule has 1 N–H and O–H groups in total. The smallest absolute Gasteiger partial charge is 0.254 e. The number of phenols is 1. The highest BCUT2D eigenvalue weighted by Gasteiger charge is 2.20. The van der Waals surface area contributed by atoms with Crippen molar-refractivity contribution in [1.29, 1.82) is 0 Å². The minimum absolute atomic E-state index is 0.0293. The van der Waals surface area contributed by atoms with E-state index in [2.05, 4.69) is 0 Å². The zero-order chi connectivity index (χ0) is 13.7. The third kappa shape index (κ3) is 3.23. The molecule has 4 heteroatoms. The Morgan fingerprint density at radius 3 is 2.67 bits per heavy atom. The number of carbonyl (C=O) groups is 1. The van der Waals surface area contributed by atoms with E-state index in [1.807, 2.05) is 13.8 Å². The van der Waals surface area contributed by atoms with Crippen LogP contribution in [0.3, 0.4) is 0 Å². The lowest BCUT2D eigenvalue weighted by Crippen LogP contribution is -2.40. The van der Waals surface area contributed by atoms with Crippen LogP contribution in [0.25, 0.3) is 0 Å². The van der Waals surface area contributed by atoms with Gasteiger partial charge in [-0.25, -0.2) is 0 Å². The molecule has 0 aliphatic carbocycles. The molecule has 0 spiro atoms. The molecule has 1 amide bonds. The van der Waals surface area contributed by atoms with Crippen LogP contribution in [0.5, 0.6) is 5.75 Å². The number of rotatable bonds is 5. The maximum absolute atomic E-state index is 12.3. The van der Waals surface area contributed by atoms with Crippen molar-refractivity contribution in [2.45, 2.75) is 26.8 Å². The second-order valence-electron chi connectivity index (χ2n) is 4.40. The van der Waals surface area contributed by atoms with Crippen molar-refractivity contribution >= 4 is 5.91 Å². The second kappa shape index (κ2) is 6.40. The fraction of sp³-hybridized carbons (Fsp3) is 0.500. The van der Waals surface area contributed by atoms with Gasteiger partial charge in [-0.2, -0.15) is 0 Å². The number of methoxy groups -OCH3 is 1. The molecule has 0 heterocycles. The Morgan fingerprint density at radius 1 is 1.50 bits per heavy atom. The molecule has 0 radical (unpaired) electrons. The van der Waals surface area contributed by atoms with E-state index in [-0.39, 0.29) is 17.7 Å². The van der Waals surface area contributed by atoms with E-state index in [0.29, 0.717) is 24.3 Å². The second-order valence-corrected chi connectivity index (χ2v) is 4.40. The van der Waals surface area contributed by atoms with Crippen molar-refractivity contribution in [1.82, 2.24) is 4.90 Å². The third-order valence-electron chi connectivity index (χ3n) is 2.99. The van der Waals surface area contributed by atoms with Crippen molar-refractivity contribution in [3.05, 3.63) is 29.3 Å². The summed E-state index contributed by atoms with van der Waals surface area (Å²) in [6.07, 6.45) is 0. The highest BCUT2D eigenvalue weighted by Crippen LogP contribution is 2.18. The number of hydrogen-bond donors (Lipinski definition) is 1. The normalized spacial score (nSPS) is 12.2. The maximum Gasteiger partial charge on any atom is 0.254 e. The molecule has 100 valence electrons. The fourth-order valence-electron chi connectivity index (χ4n) is 1.94. The zero-order valence-corrected chi connectivity index (χ0v) is 11.4. The molecule has 0 aromatic heterocycles. The lowest BCUT2D eigenvalue weighted by molar-refractivity contribution is 0.0579. The van der Waals surface area contributed by atoms with Gasteiger partial charge in [0.2, 0.25) is 0 Å². The van der Waals surface area contributed by atoms with Gasteiger partial charge in [-0.1, -0.05) is 0 Å². The SMILES string of the molecule is CCN(C(=O)c1ccc(O)c(C)c1)C(C)COC. The number of nitrogens with zero attached hydrogens (tertiary/aromatic N) is 1. The van der Waals surface area contributed by atoms with Gasteiger partial charge in [0.05, 0.1) is 12.6 Å². The van der Waals surface area contributed by atoms with Crippen LogP contribution in [0.15, 0.2) is 18.2 Å². The Balaban J connectivity index is 2.92. The van der Waals surface area contributed by atoms with E-state index in [9.17, 15) is 9.90 Å². The standard InChI is InChI=1S/C14H21NO3/c1-5-15(11(3)9-18-4)14(17)12-6-7-13(16)10(2)8-12/h6-8,11,16H,5,9H2,1-4H3. The van der Waals surface area contributed by atoms with Crippen LogP contribution in [0.1, 0.15) is 29.8 Å². The third-order valence-corrected chi connectivity index (χ3v) is 2.99. The van der Waals surface area contributed by atoms with E-state index >= 15 is 0 Å². The van der Waals surface area contributed by atoms with Crippen molar-refractivity contribution in [3.63, 3.8) is 0 Å². The Bertz CT molecular complexity index is 418. The van der Waals surface area contributed by atoms with Crippen LogP contribution in [0.4, 0.5) is 0 Å². The molecule has 0 saturated carbocycles. The molecule has 4 nitrogen and oxygen atoms in total. The van der Waals surface area contributed by atoms with Crippen LogP contribution in [0.2, 0.25) is 0 Å². The van der Waals surface area contributed by atoms with E-state index < -0.39 is 0 Å². The van der Waals surface area contributed by atoms with Gasteiger partial charge in [0.15, 0.2) is 0 Å². The summed E-state index contributed by atoms with van der Waals surface area (Å²) in [4.78, 5) is 14.1. The van der Waals surface area contributed by atoms with Crippen molar-refractivity contribution < 1.29 is 14.6 Å². The summed E-state index contributed by atoms with van der Waals surface area (Å²) in [5, 5.41) is 9.47. The number of likely N-dealkylation sites (N-methyl/N-ethyl adjacent to an activating group) is 1. The minimum atomic E-state index is -0.0369. The average Bonchev–Trinajstić information content (AvgIpc) is 2.33. The molecule has 0 bridgehead atoms. The van der Waals surface area contributed by atoms with Gasteiger partial charge < -0.3 is 14.7 Å². The molecule has 18 heavy (non-hydrogen) atoms. The molecular weight excluding hydrogens is 230 g/mol. The molecule has 1 atom stereocenters. The van der Waals surface area contributed by atoms with Crippen LogP contribution in [-0.2, 0) is 4.74 Å². The molecule has 1 rings (SSSR count). The van der Waals surface area contributed by atoms with Gasteiger partial charge >= 0.3 is 0 Å². The number of aryl methyl sites for hydroxylation is 1. The lowest BCUT2D eigenvalue weighted by atomic mass is 10.1. The number of phenolic OH excluding ortho intramolecular Hbond substituents is 1. The maximum atomic E-state index is 12.3. The number of amides is 1. The summed E-state index contributed by atoms with van der Waals surface area (Å²) in [5.41, 5.74) is 1.30. The summed E-state index contributed by atoms with van der Waals surface area (Å²) in [5.74, 6) is 0.171. The number of carbonyl (C=O) groups excluding carboxylic acids is 1. The first kappa shape index (κ1) is 14.5. The molecule has 0 aliphatic rings. The van der Waals surface area contributed by atoms with Gasteiger partial charge in [-0.3, -0.25) is 4.79 Å². The fourth-order valence-corrected chi connectivity index (χ4v) is 1.94. The molecule has 0 fully saturated rings. The first-order chi connectivity index (χ1) is 8.51. The van der Waals surface area contributed by atoms with Crippen LogP contribution >= 0.6 is 0 Å². The van der Waals surface area contributed by atoms with E-state index in [0.717, 1.165) is 0 Å². The summed E-state index contributed by atoms with van der Waals surface area (Å²) in [7, 11) is 1.62. The molecule has 0 saturated heterocycles. The van der Waals surface area contributed by atoms with Gasteiger partial charge in [-0.05, 0) is 44.5 Å².